The van der Waals surface area contributed by atoms with Crippen molar-refractivity contribution in [1.82, 2.24) is 10.3 Å². The van der Waals surface area contributed by atoms with Gasteiger partial charge in [0.15, 0.2) is 0 Å². The van der Waals surface area contributed by atoms with E-state index in [0.29, 0.717) is 0 Å². The molecule has 0 aliphatic carbocycles. The number of nitrogens with one attached hydrogen (secondary N) is 1. The quantitative estimate of drug-likeness (QED) is 0.824. The lowest BCUT2D eigenvalue weighted by Gasteiger charge is -2.39. The summed E-state index contributed by atoms with van der Waals surface area (Å²) < 4.78 is 11.0. The van der Waals surface area contributed by atoms with Crippen LogP contribution in [0.4, 0.5) is 0 Å². The van der Waals surface area contributed by atoms with Gasteiger partial charge in [0.2, 0.25) is 0 Å². The topological polar surface area (TPSA) is 43.4 Å². The van der Waals surface area contributed by atoms with Gasteiger partial charge >= 0.3 is 0 Å². The van der Waals surface area contributed by atoms with Gasteiger partial charge in [-0.2, -0.15) is 0 Å². The molecule has 4 heteroatoms. The molecule has 1 aliphatic rings. The van der Waals surface area contributed by atoms with Crippen LogP contribution in [-0.2, 0) is 4.74 Å². The molecule has 2 heterocycles. The molecular weight excluding hydrogens is 204 g/mol. The minimum Gasteiger partial charge on any atom is -0.495 e. The molecule has 1 atom stereocenters. The van der Waals surface area contributed by atoms with Gasteiger partial charge in [0.25, 0.3) is 0 Å². The normalized spacial score (nSPS) is 24.1. The highest BCUT2D eigenvalue weighted by atomic mass is 16.5. The highest BCUT2D eigenvalue weighted by molar-refractivity contribution is 5.28. The van der Waals surface area contributed by atoms with Gasteiger partial charge < -0.3 is 14.8 Å². The second kappa shape index (κ2) is 4.39. The molecule has 0 aromatic carbocycles. The first-order valence-corrected chi connectivity index (χ1v) is 5.50. The average molecular weight is 222 g/mol. The fourth-order valence-corrected chi connectivity index (χ4v) is 2.07. The second-order valence-corrected chi connectivity index (χ2v) is 4.50. The molecule has 2 rings (SSSR count). The summed E-state index contributed by atoms with van der Waals surface area (Å²) in [6.45, 7) is 5.79. The van der Waals surface area contributed by atoms with E-state index >= 15 is 0 Å². The van der Waals surface area contributed by atoms with Crippen molar-refractivity contribution < 1.29 is 9.47 Å². The lowest BCUT2D eigenvalue weighted by Crippen LogP contribution is -2.48. The summed E-state index contributed by atoms with van der Waals surface area (Å²) >= 11 is 0. The molecule has 0 radical (unpaired) electrons. The van der Waals surface area contributed by atoms with Gasteiger partial charge in [0, 0.05) is 12.7 Å². The van der Waals surface area contributed by atoms with Gasteiger partial charge in [-0.3, -0.25) is 4.98 Å². The summed E-state index contributed by atoms with van der Waals surface area (Å²) in [7, 11) is 1.65. The van der Waals surface area contributed by atoms with Crippen LogP contribution in [0.3, 0.4) is 0 Å². The Morgan fingerprint density at radius 3 is 3.00 bits per heavy atom. The van der Waals surface area contributed by atoms with Gasteiger partial charge in [-0.05, 0) is 25.5 Å². The highest BCUT2D eigenvalue weighted by Gasteiger charge is 2.34. The minimum absolute atomic E-state index is 0.156. The monoisotopic (exact) mass is 222 g/mol. The van der Waals surface area contributed by atoms with Crippen molar-refractivity contribution in [1.29, 1.82) is 0 Å². The third-order valence-corrected chi connectivity index (χ3v) is 2.92. The van der Waals surface area contributed by atoms with Crippen LogP contribution in [-0.4, -0.2) is 30.8 Å². The molecular formula is C12H18N2O2. The Morgan fingerprint density at radius 2 is 2.31 bits per heavy atom. The van der Waals surface area contributed by atoms with Gasteiger partial charge in [-0.25, -0.2) is 0 Å². The maximum atomic E-state index is 5.77. The van der Waals surface area contributed by atoms with Crippen LogP contribution >= 0.6 is 0 Å². The maximum absolute atomic E-state index is 5.77. The van der Waals surface area contributed by atoms with Crippen molar-refractivity contribution >= 4 is 0 Å². The fourth-order valence-electron chi connectivity index (χ4n) is 2.07. The Hall–Kier alpha value is -1.13. The third kappa shape index (κ3) is 2.18. The number of morpholine rings is 1. The SMILES string of the molecule is COc1cncc(C2NCCOC2(C)C)c1. The van der Waals surface area contributed by atoms with E-state index in [0.717, 1.165) is 24.5 Å². The fraction of sp³-hybridized carbons (Fsp3) is 0.583. The largest absolute Gasteiger partial charge is 0.495 e. The standard InChI is InChI=1S/C12H18N2O2/c1-12(2)11(14-4-5-16-12)9-6-10(15-3)8-13-7-9/h6-8,11,14H,4-5H2,1-3H3. The number of pyridine rings is 1. The van der Waals surface area contributed by atoms with Crippen molar-refractivity contribution in [2.45, 2.75) is 25.5 Å². The molecule has 88 valence electrons. The number of aromatic nitrogens is 1. The highest BCUT2D eigenvalue weighted by Crippen LogP contribution is 2.31. The van der Waals surface area contributed by atoms with Crippen molar-refractivity contribution in [2.24, 2.45) is 0 Å². The number of methoxy groups -OCH3 is 1. The van der Waals surface area contributed by atoms with E-state index in [1.54, 1.807) is 13.3 Å². The zero-order valence-electron chi connectivity index (χ0n) is 9.99. The second-order valence-electron chi connectivity index (χ2n) is 4.50. The van der Waals surface area contributed by atoms with Gasteiger partial charge in [0.05, 0.1) is 31.6 Å². The van der Waals surface area contributed by atoms with Crippen LogP contribution in [0.2, 0.25) is 0 Å². The summed E-state index contributed by atoms with van der Waals surface area (Å²) in [5.41, 5.74) is 0.885. The molecule has 0 amide bonds. The molecule has 1 fully saturated rings. The first kappa shape index (κ1) is 11.4. The molecule has 1 aromatic rings. The Morgan fingerprint density at radius 1 is 1.50 bits per heavy atom. The first-order valence-electron chi connectivity index (χ1n) is 5.50. The molecule has 1 N–H and O–H groups in total. The summed E-state index contributed by atoms with van der Waals surface area (Å²) in [6, 6.07) is 2.16. The Balaban J connectivity index is 2.27. The van der Waals surface area contributed by atoms with Gasteiger partial charge in [-0.1, -0.05) is 0 Å². The molecule has 4 nitrogen and oxygen atoms in total. The van der Waals surface area contributed by atoms with E-state index in [1.165, 1.54) is 0 Å². The minimum atomic E-state index is -0.216. The molecule has 0 spiro atoms. The number of rotatable bonds is 2. The molecule has 1 aliphatic heterocycles. The van der Waals surface area contributed by atoms with Crippen molar-refractivity contribution in [3.05, 3.63) is 24.0 Å². The molecule has 1 saturated heterocycles. The van der Waals surface area contributed by atoms with E-state index in [9.17, 15) is 0 Å². The van der Waals surface area contributed by atoms with Crippen LogP contribution in [0, 0.1) is 0 Å². The molecule has 1 aromatic heterocycles. The van der Waals surface area contributed by atoms with Crippen LogP contribution in [0.25, 0.3) is 0 Å². The Kier molecular flexibility index (Phi) is 3.12. The zero-order valence-corrected chi connectivity index (χ0v) is 9.99. The van der Waals surface area contributed by atoms with Crippen LogP contribution < -0.4 is 10.1 Å². The van der Waals surface area contributed by atoms with Crippen LogP contribution in [0.1, 0.15) is 25.5 Å². The lowest BCUT2D eigenvalue weighted by atomic mass is 9.91. The smallest absolute Gasteiger partial charge is 0.137 e. The molecule has 16 heavy (non-hydrogen) atoms. The predicted octanol–water partition coefficient (Wildman–Crippen LogP) is 1.53. The number of ether oxygens (including phenoxy) is 2. The van der Waals surface area contributed by atoms with E-state index in [2.05, 4.69) is 24.1 Å². The Labute approximate surface area is 96.0 Å². The summed E-state index contributed by atoms with van der Waals surface area (Å²) in [5, 5.41) is 3.46. The van der Waals surface area contributed by atoms with Crippen molar-refractivity contribution in [2.75, 3.05) is 20.3 Å². The number of nitrogens with zero attached hydrogens (tertiary/aromatic N) is 1. The van der Waals surface area contributed by atoms with E-state index in [4.69, 9.17) is 9.47 Å². The van der Waals surface area contributed by atoms with Crippen LogP contribution in [0.5, 0.6) is 5.75 Å². The third-order valence-electron chi connectivity index (χ3n) is 2.92. The van der Waals surface area contributed by atoms with Crippen molar-refractivity contribution in [3.63, 3.8) is 0 Å². The summed E-state index contributed by atoms with van der Waals surface area (Å²) in [4.78, 5) is 4.18. The van der Waals surface area contributed by atoms with E-state index < -0.39 is 0 Å². The van der Waals surface area contributed by atoms with Gasteiger partial charge in [-0.15, -0.1) is 0 Å². The Bertz CT molecular complexity index is 366. The summed E-state index contributed by atoms with van der Waals surface area (Å²) in [6.07, 6.45) is 3.57. The van der Waals surface area contributed by atoms with E-state index in [1.807, 2.05) is 12.3 Å². The maximum Gasteiger partial charge on any atom is 0.137 e. The predicted molar refractivity (Wildman–Crippen MR) is 61.6 cm³/mol. The van der Waals surface area contributed by atoms with Gasteiger partial charge in [0.1, 0.15) is 5.75 Å². The summed E-state index contributed by atoms with van der Waals surface area (Å²) in [5.74, 6) is 0.778. The van der Waals surface area contributed by atoms with Crippen molar-refractivity contribution in [3.8, 4) is 5.75 Å². The number of hydrogen-bond donors (Lipinski definition) is 1. The lowest BCUT2D eigenvalue weighted by molar-refractivity contribution is -0.0723. The molecule has 1 unspecified atom stereocenters. The molecule has 0 saturated carbocycles. The molecule has 0 bridgehead atoms. The average Bonchev–Trinajstić information content (AvgIpc) is 2.28. The first-order chi connectivity index (χ1) is 7.63. The van der Waals surface area contributed by atoms with Crippen LogP contribution in [0.15, 0.2) is 18.5 Å². The van der Waals surface area contributed by atoms with E-state index in [-0.39, 0.29) is 11.6 Å². The zero-order chi connectivity index (χ0) is 11.6. The number of hydrogen-bond acceptors (Lipinski definition) is 4.